The lowest BCUT2D eigenvalue weighted by atomic mass is 10.1. The molecule has 2 rings (SSSR count). The number of aromatic nitrogens is 1. The summed E-state index contributed by atoms with van der Waals surface area (Å²) >= 11 is 9.27. The second-order valence-electron chi connectivity index (χ2n) is 2.90. The minimum atomic E-state index is 0.548. The molecule has 0 saturated carbocycles. The van der Waals surface area contributed by atoms with Gasteiger partial charge in [-0.3, -0.25) is 0 Å². The summed E-state index contributed by atoms with van der Waals surface area (Å²) in [6.45, 7) is 1.96. The molecule has 1 aromatic carbocycles. The Balaban J connectivity index is 2.87. The van der Waals surface area contributed by atoms with E-state index in [1.54, 1.807) is 0 Å². The summed E-state index contributed by atoms with van der Waals surface area (Å²) in [5.74, 6) is 0. The third-order valence-electron chi connectivity index (χ3n) is 1.95. The molecule has 0 bridgehead atoms. The molecule has 3 heteroatoms. The summed E-state index contributed by atoms with van der Waals surface area (Å²) in [4.78, 5) is 4.19. The Hall–Kier alpha value is -0.600. The molecule has 0 amide bonds. The van der Waals surface area contributed by atoms with Crippen molar-refractivity contribution < 1.29 is 0 Å². The highest BCUT2D eigenvalue weighted by atomic mass is 79.9. The Bertz CT molecular complexity index is 468. The van der Waals surface area contributed by atoms with Crippen LogP contribution in [0.5, 0.6) is 0 Å². The van der Waals surface area contributed by atoms with Crippen LogP contribution in [0.15, 0.2) is 28.7 Å². The van der Waals surface area contributed by atoms with E-state index < -0.39 is 0 Å². The van der Waals surface area contributed by atoms with Crippen LogP contribution >= 0.6 is 27.5 Å². The van der Waals surface area contributed by atoms with Gasteiger partial charge in [0.25, 0.3) is 0 Å². The molecule has 1 heterocycles. The molecule has 0 aliphatic carbocycles. The highest BCUT2D eigenvalue weighted by Crippen LogP contribution is 2.23. The van der Waals surface area contributed by atoms with Crippen LogP contribution in [-0.2, 0) is 0 Å². The van der Waals surface area contributed by atoms with Crippen LogP contribution in [0.2, 0.25) is 5.15 Å². The highest BCUT2D eigenvalue weighted by Gasteiger charge is 2.00. The zero-order valence-corrected chi connectivity index (χ0v) is 9.35. The maximum absolute atomic E-state index is 5.84. The number of aryl methyl sites for hydroxylation is 1. The smallest absolute Gasteiger partial charge is 0.129 e. The normalized spacial score (nSPS) is 10.7. The van der Waals surface area contributed by atoms with E-state index in [1.807, 2.05) is 31.2 Å². The van der Waals surface area contributed by atoms with Crippen LogP contribution in [0.4, 0.5) is 0 Å². The molecule has 2 aromatic rings. The topological polar surface area (TPSA) is 12.9 Å². The molecular weight excluding hydrogens is 249 g/mol. The van der Waals surface area contributed by atoms with Crippen LogP contribution in [0, 0.1) is 6.92 Å². The van der Waals surface area contributed by atoms with Crippen molar-refractivity contribution >= 4 is 38.3 Å². The van der Waals surface area contributed by atoms with Gasteiger partial charge in [0.15, 0.2) is 0 Å². The summed E-state index contributed by atoms with van der Waals surface area (Å²) in [7, 11) is 0. The molecule has 0 atom stereocenters. The Morgan fingerprint density at radius 1 is 1.31 bits per heavy atom. The number of hydrogen-bond donors (Lipinski definition) is 0. The fourth-order valence-electron chi connectivity index (χ4n) is 1.35. The number of benzene rings is 1. The Kier molecular flexibility index (Phi) is 2.26. The van der Waals surface area contributed by atoms with Gasteiger partial charge in [-0.15, -0.1) is 0 Å². The lowest BCUT2D eigenvalue weighted by Gasteiger charge is -2.02. The van der Waals surface area contributed by atoms with E-state index in [2.05, 4.69) is 20.9 Å². The standard InChI is InChI=1S/C10H7BrClN/c1-6-9-5-8(11)3-2-7(9)4-10(12)13-6/h2-5H,1H3. The number of rotatable bonds is 0. The average Bonchev–Trinajstić information content (AvgIpc) is 2.06. The van der Waals surface area contributed by atoms with Gasteiger partial charge in [0, 0.05) is 15.6 Å². The largest absolute Gasteiger partial charge is 0.241 e. The van der Waals surface area contributed by atoms with Crippen molar-refractivity contribution in [3.05, 3.63) is 39.6 Å². The van der Waals surface area contributed by atoms with Crippen molar-refractivity contribution in [2.45, 2.75) is 6.92 Å². The van der Waals surface area contributed by atoms with Crippen molar-refractivity contribution in [1.29, 1.82) is 0 Å². The maximum atomic E-state index is 5.84. The fourth-order valence-corrected chi connectivity index (χ4v) is 1.95. The van der Waals surface area contributed by atoms with Crippen LogP contribution in [-0.4, -0.2) is 4.98 Å². The number of nitrogens with zero attached hydrogens (tertiary/aromatic N) is 1. The molecule has 0 N–H and O–H groups in total. The van der Waals surface area contributed by atoms with Crippen molar-refractivity contribution in [1.82, 2.24) is 4.98 Å². The van der Waals surface area contributed by atoms with Crippen LogP contribution < -0.4 is 0 Å². The maximum Gasteiger partial charge on any atom is 0.129 e. The van der Waals surface area contributed by atoms with Crippen molar-refractivity contribution in [2.24, 2.45) is 0 Å². The zero-order valence-electron chi connectivity index (χ0n) is 7.01. The summed E-state index contributed by atoms with van der Waals surface area (Å²) in [5.41, 5.74) is 0.962. The number of pyridine rings is 1. The summed E-state index contributed by atoms with van der Waals surface area (Å²) in [6.07, 6.45) is 0. The molecule has 0 unspecified atom stereocenters. The average molecular weight is 257 g/mol. The van der Waals surface area contributed by atoms with Crippen LogP contribution in [0.3, 0.4) is 0 Å². The van der Waals surface area contributed by atoms with Gasteiger partial charge in [-0.05, 0) is 30.5 Å². The third-order valence-corrected chi connectivity index (χ3v) is 2.64. The van der Waals surface area contributed by atoms with Gasteiger partial charge < -0.3 is 0 Å². The quantitative estimate of drug-likeness (QED) is 0.650. The molecule has 0 spiro atoms. The monoisotopic (exact) mass is 255 g/mol. The van der Waals surface area contributed by atoms with E-state index in [9.17, 15) is 0 Å². The van der Waals surface area contributed by atoms with E-state index in [0.29, 0.717) is 5.15 Å². The summed E-state index contributed by atoms with van der Waals surface area (Å²) < 4.78 is 1.06. The van der Waals surface area contributed by atoms with Crippen molar-refractivity contribution in [3.63, 3.8) is 0 Å². The molecule has 0 aliphatic rings. The predicted octanol–water partition coefficient (Wildman–Crippen LogP) is 3.96. The van der Waals surface area contributed by atoms with Gasteiger partial charge in [0.2, 0.25) is 0 Å². The Morgan fingerprint density at radius 2 is 2.08 bits per heavy atom. The highest BCUT2D eigenvalue weighted by molar-refractivity contribution is 9.10. The molecule has 0 radical (unpaired) electrons. The fraction of sp³-hybridized carbons (Fsp3) is 0.100. The van der Waals surface area contributed by atoms with Crippen LogP contribution in [0.25, 0.3) is 10.8 Å². The summed E-state index contributed by atoms with van der Waals surface area (Å²) in [5, 5.41) is 2.81. The predicted molar refractivity (Wildman–Crippen MR) is 59.2 cm³/mol. The minimum Gasteiger partial charge on any atom is -0.241 e. The Morgan fingerprint density at radius 3 is 2.85 bits per heavy atom. The van der Waals surface area contributed by atoms with E-state index in [1.165, 1.54) is 0 Å². The second-order valence-corrected chi connectivity index (χ2v) is 4.20. The van der Waals surface area contributed by atoms with E-state index in [4.69, 9.17) is 11.6 Å². The first-order chi connectivity index (χ1) is 6.16. The summed E-state index contributed by atoms with van der Waals surface area (Å²) in [6, 6.07) is 7.95. The van der Waals surface area contributed by atoms with E-state index >= 15 is 0 Å². The number of fused-ring (bicyclic) bond motifs is 1. The van der Waals surface area contributed by atoms with Crippen molar-refractivity contribution in [2.75, 3.05) is 0 Å². The lowest BCUT2D eigenvalue weighted by Crippen LogP contribution is -1.84. The molecule has 0 saturated heterocycles. The number of hydrogen-bond acceptors (Lipinski definition) is 1. The number of halogens is 2. The van der Waals surface area contributed by atoms with Gasteiger partial charge in [-0.1, -0.05) is 33.6 Å². The third kappa shape index (κ3) is 1.69. The SMILES string of the molecule is Cc1nc(Cl)cc2ccc(Br)cc12. The van der Waals surface area contributed by atoms with Gasteiger partial charge in [0.05, 0.1) is 0 Å². The first-order valence-corrected chi connectivity index (χ1v) is 5.06. The molecule has 66 valence electrons. The molecule has 1 nitrogen and oxygen atoms in total. The molecule has 13 heavy (non-hydrogen) atoms. The zero-order chi connectivity index (χ0) is 9.42. The van der Waals surface area contributed by atoms with E-state index in [-0.39, 0.29) is 0 Å². The second kappa shape index (κ2) is 3.28. The van der Waals surface area contributed by atoms with Gasteiger partial charge in [0.1, 0.15) is 5.15 Å². The first kappa shape index (κ1) is 8.97. The lowest BCUT2D eigenvalue weighted by molar-refractivity contribution is 1.24. The van der Waals surface area contributed by atoms with Crippen molar-refractivity contribution in [3.8, 4) is 0 Å². The van der Waals surface area contributed by atoms with Gasteiger partial charge in [-0.2, -0.15) is 0 Å². The van der Waals surface area contributed by atoms with E-state index in [0.717, 1.165) is 20.9 Å². The Labute approximate surface area is 89.9 Å². The van der Waals surface area contributed by atoms with Crippen LogP contribution in [0.1, 0.15) is 5.69 Å². The minimum absolute atomic E-state index is 0.548. The first-order valence-electron chi connectivity index (χ1n) is 3.89. The molecular formula is C10H7BrClN. The van der Waals surface area contributed by atoms with Gasteiger partial charge in [-0.25, -0.2) is 4.98 Å². The molecule has 1 aromatic heterocycles. The van der Waals surface area contributed by atoms with Gasteiger partial charge >= 0.3 is 0 Å². The molecule has 0 aliphatic heterocycles. The molecule has 0 fully saturated rings.